The van der Waals surface area contributed by atoms with Crippen LogP contribution in [0.4, 0.5) is 0 Å². The Balaban J connectivity index is 1.51. The second-order valence-electron chi connectivity index (χ2n) is 7.64. The minimum absolute atomic E-state index is 0.0340. The highest BCUT2D eigenvalue weighted by molar-refractivity contribution is 9.10. The highest BCUT2D eigenvalue weighted by Gasteiger charge is 2.44. The molecule has 0 bridgehead atoms. The molecule has 5 heteroatoms. The third-order valence-corrected chi connectivity index (χ3v) is 6.10. The molecule has 0 radical (unpaired) electrons. The van der Waals surface area contributed by atoms with Crippen molar-refractivity contribution < 1.29 is 14.3 Å². The first-order valence-electron chi connectivity index (χ1n) is 9.25. The molecule has 1 amide bonds. The predicted octanol–water partition coefficient (Wildman–Crippen LogP) is 4.71. The van der Waals surface area contributed by atoms with Crippen LogP contribution in [0, 0.1) is 13.8 Å². The average Bonchev–Trinajstić information content (AvgIpc) is 2.64. The first-order chi connectivity index (χ1) is 12.9. The molecule has 1 saturated heterocycles. The number of ether oxygens (including phenoxy) is 1. The Morgan fingerprint density at radius 3 is 2.44 bits per heavy atom. The second kappa shape index (κ2) is 6.79. The van der Waals surface area contributed by atoms with Crippen LogP contribution in [0.15, 0.2) is 40.9 Å². The van der Waals surface area contributed by atoms with Gasteiger partial charge in [0.15, 0.2) is 5.78 Å². The number of likely N-dealkylation sites (tertiary alicyclic amines) is 1. The van der Waals surface area contributed by atoms with E-state index in [2.05, 4.69) is 22.0 Å². The number of fused-ring (bicyclic) bond motifs is 1. The van der Waals surface area contributed by atoms with Crippen molar-refractivity contribution in [3.8, 4) is 5.75 Å². The molecule has 0 atom stereocenters. The maximum atomic E-state index is 12.8. The van der Waals surface area contributed by atoms with Gasteiger partial charge in [0.05, 0.1) is 12.0 Å². The fraction of sp³-hybridized carbons (Fsp3) is 0.364. The lowest BCUT2D eigenvalue weighted by atomic mass is 9.81. The first kappa shape index (κ1) is 18.2. The van der Waals surface area contributed by atoms with Crippen molar-refractivity contribution in [3.05, 3.63) is 63.1 Å². The summed E-state index contributed by atoms with van der Waals surface area (Å²) in [6, 6.07) is 11.4. The van der Waals surface area contributed by atoms with Crippen LogP contribution in [0.25, 0.3) is 0 Å². The molecular formula is C22H22BrNO3. The van der Waals surface area contributed by atoms with E-state index < -0.39 is 5.60 Å². The minimum Gasteiger partial charge on any atom is -0.486 e. The van der Waals surface area contributed by atoms with Gasteiger partial charge in [-0.25, -0.2) is 0 Å². The summed E-state index contributed by atoms with van der Waals surface area (Å²) in [7, 11) is 0. The monoisotopic (exact) mass is 427 g/mol. The number of rotatable bonds is 1. The van der Waals surface area contributed by atoms with E-state index in [4.69, 9.17) is 4.74 Å². The van der Waals surface area contributed by atoms with Crippen LogP contribution in [0.2, 0.25) is 0 Å². The number of halogens is 1. The smallest absolute Gasteiger partial charge is 0.253 e. The van der Waals surface area contributed by atoms with Gasteiger partial charge in [0, 0.05) is 36.0 Å². The Morgan fingerprint density at radius 2 is 1.78 bits per heavy atom. The SMILES string of the molecule is Cc1cc(C)c2c(c1)C(=O)CC1(CCN(C(=O)c3ccc(Br)cc3)CC1)O2. The minimum atomic E-state index is -0.486. The van der Waals surface area contributed by atoms with Crippen molar-refractivity contribution in [2.45, 2.75) is 38.7 Å². The van der Waals surface area contributed by atoms with Crippen molar-refractivity contribution in [3.63, 3.8) is 0 Å². The molecule has 2 aliphatic rings. The zero-order valence-electron chi connectivity index (χ0n) is 15.5. The van der Waals surface area contributed by atoms with E-state index >= 15 is 0 Å². The molecule has 140 valence electrons. The van der Waals surface area contributed by atoms with Gasteiger partial charge < -0.3 is 9.64 Å². The molecule has 1 fully saturated rings. The van der Waals surface area contributed by atoms with E-state index in [-0.39, 0.29) is 11.7 Å². The van der Waals surface area contributed by atoms with E-state index in [0.717, 1.165) is 21.3 Å². The molecule has 0 aromatic heterocycles. The number of aryl methyl sites for hydroxylation is 2. The van der Waals surface area contributed by atoms with Crippen LogP contribution in [0.5, 0.6) is 5.75 Å². The van der Waals surface area contributed by atoms with Crippen molar-refractivity contribution in [2.24, 2.45) is 0 Å². The van der Waals surface area contributed by atoms with Crippen LogP contribution in [0.1, 0.15) is 51.1 Å². The van der Waals surface area contributed by atoms with Crippen LogP contribution in [-0.2, 0) is 0 Å². The number of piperidine rings is 1. The predicted molar refractivity (Wildman–Crippen MR) is 108 cm³/mol. The summed E-state index contributed by atoms with van der Waals surface area (Å²) in [6.07, 6.45) is 1.74. The lowest BCUT2D eigenvalue weighted by molar-refractivity contribution is -0.00619. The van der Waals surface area contributed by atoms with Gasteiger partial charge >= 0.3 is 0 Å². The number of hydrogen-bond donors (Lipinski definition) is 0. The maximum absolute atomic E-state index is 12.8. The molecule has 4 rings (SSSR count). The van der Waals surface area contributed by atoms with E-state index in [0.29, 0.717) is 43.5 Å². The molecule has 1 spiro atoms. The van der Waals surface area contributed by atoms with Crippen molar-refractivity contribution in [2.75, 3.05) is 13.1 Å². The first-order valence-corrected chi connectivity index (χ1v) is 10.0. The van der Waals surface area contributed by atoms with Crippen LogP contribution < -0.4 is 4.74 Å². The van der Waals surface area contributed by atoms with Crippen molar-refractivity contribution in [1.29, 1.82) is 0 Å². The van der Waals surface area contributed by atoms with Crippen molar-refractivity contribution >= 4 is 27.6 Å². The second-order valence-corrected chi connectivity index (χ2v) is 8.56. The molecule has 0 aliphatic carbocycles. The van der Waals surface area contributed by atoms with Crippen LogP contribution >= 0.6 is 15.9 Å². The van der Waals surface area contributed by atoms with Crippen LogP contribution in [-0.4, -0.2) is 35.3 Å². The number of hydrogen-bond acceptors (Lipinski definition) is 3. The zero-order valence-corrected chi connectivity index (χ0v) is 17.1. The molecule has 2 aromatic rings. The molecule has 4 nitrogen and oxygen atoms in total. The Kier molecular flexibility index (Phi) is 4.58. The summed E-state index contributed by atoms with van der Waals surface area (Å²) in [5, 5.41) is 0. The third-order valence-electron chi connectivity index (χ3n) is 5.57. The molecular weight excluding hydrogens is 406 g/mol. The summed E-state index contributed by atoms with van der Waals surface area (Å²) in [5.41, 5.74) is 2.98. The molecule has 2 heterocycles. The third kappa shape index (κ3) is 3.41. The number of ketones is 1. The number of Topliss-reactive ketones (excluding diaryl/α,β-unsaturated/α-hetero) is 1. The highest BCUT2D eigenvalue weighted by atomic mass is 79.9. The zero-order chi connectivity index (χ0) is 19.2. The van der Waals surface area contributed by atoms with Gasteiger partial charge in [-0.15, -0.1) is 0 Å². The Hall–Kier alpha value is -2.14. The highest BCUT2D eigenvalue weighted by Crippen LogP contribution is 2.41. The number of carbonyl (C=O) groups is 2. The van der Waals surface area contributed by atoms with Gasteiger partial charge in [-0.3, -0.25) is 9.59 Å². The Bertz CT molecular complexity index is 912. The lowest BCUT2D eigenvalue weighted by Gasteiger charge is -2.44. The Labute approximate surface area is 167 Å². The van der Waals surface area contributed by atoms with Gasteiger partial charge in [-0.05, 0) is 55.3 Å². The summed E-state index contributed by atoms with van der Waals surface area (Å²) >= 11 is 3.39. The fourth-order valence-corrected chi connectivity index (χ4v) is 4.37. The summed E-state index contributed by atoms with van der Waals surface area (Å²) in [6.45, 7) is 5.19. The number of amides is 1. The molecule has 2 aliphatic heterocycles. The normalized spacial score (nSPS) is 18.2. The summed E-state index contributed by atoms with van der Waals surface area (Å²) in [5.74, 6) is 0.909. The lowest BCUT2D eigenvalue weighted by Crippen LogP contribution is -2.52. The molecule has 2 aromatic carbocycles. The van der Waals surface area contributed by atoms with Gasteiger partial charge in [0.2, 0.25) is 0 Å². The summed E-state index contributed by atoms with van der Waals surface area (Å²) < 4.78 is 7.35. The largest absolute Gasteiger partial charge is 0.486 e. The van der Waals surface area contributed by atoms with Crippen LogP contribution in [0.3, 0.4) is 0 Å². The molecule has 0 N–H and O–H groups in total. The van der Waals surface area contributed by atoms with E-state index in [1.165, 1.54) is 0 Å². The van der Waals surface area contributed by atoms with Gasteiger partial charge in [-0.1, -0.05) is 22.0 Å². The van der Waals surface area contributed by atoms with Gasteiger partial charge in [0.1, 0.15) is 11.4 Å². The van der Waals surface area contributed by atoms with E-state index in [1.807, 2.05) is 49.1 Å². The molecule has 0 saturated carbocycles. The topological polar surface area (TPSA) is 46.6 Å². The van der Waals surface area contributed by atoms with E-state index in [1.54, 1.807) is 0 Å². The Morgan fingerprint density at radius 1 is 1.11 bits per heavy atom. The molecule has 27 heavy (non-hydrogen) atoms. The van der Waals surface area contributed by atoms with E-state index in [9.17, 15) is 9.59 Å². The number of benzene rings is 2. The average molecular weight is 428 g/mol. The standard InChI is InChI=1S/C22H22BrNO3/c1-14-11-15(2)20-18(12-14)19(25)13-22(27-20)7-9-24(10-8-22)21(26)16-3-5-17(23)6-4-16/h3-6,11-12H,7-10,13H2,1-2H3. The summed E-state index contributed by atoms with van der Waals surface area (Å²) in [4.78, 5) is 27.4. The number of nitrogens with zero attached hydrogens (tertiary/aromatic N) is 1. The quantitative estimate of drug-likeness (QED) is 0.661. The number of carbonyl (C=O) groups excluding carboxylic acids is 2. The van der Waals surface area contributed by atoms with Gasteiger partial charge in [0.25, 0.3) is 5.91 Å². The van der Waals surface area contributed by atoms with Gasteiger partial charge in [-0.2, -0.15) is 0 Å². The van der Waals surface area contributed by atoms with Crippen molar-refractivity contribution in [1.82, 2.24) is 4.90 Å². The fourth-order valence-electron chi connectivity index (χ4n) is 4.11. The molecule has 0 unspecified atom stereocenters. The maximum Gasteiger partial charge on any atom is 0.253 e.